The van der Waals surface area contributed by atoms with E-state index in [1.807, 2.05) is 6.92 Å². The predicted octanol–water partition coefficient (Wildman–Crippen LogP) is 0.845. The van der Waals surface area contributed by atoms with Crippen molar-refractivity contribution in [3.8, 4) is 0 Å². The molecule has 0 heterocycles. The van der Waals surface area contributed by atoms with Crippen LogP contribution in [0.2, 0.25) is 0 Å². The summed E-state index contributed by atoms with van der Waals surface area (Å²) in [5, 5.41) is 0. The molecule has 0 fully saturated rings. The summed E-state index contributed by atoms with van der Waals surface area (Å²) < 4.78 is 25.3. The molecule has 5 heteroatoms. The molecule has 0 saturated carbocycles. The number of hydrogen-bond acceptors (Lipinski definition) is 4. The highest BCUT2D eigenvalue weighted by Crippen LogP contribution is 2.01. The van der Waals surface area contributed by atoms with E-state index in [4.69, 9.17) is 4.74 Å². The normalized spacial score (nSPS) is 15.0. The third-order valence-corrected chi connectivity index (χ3v) is 2.30. The first-order valence-electron chi connectivity index (χ1n) is 4.30. The average Bonchev–Trinajstić information content (AvgIpc) is 2.03. The maximum Gasteiger partial charge on any atom is 0.309 e. The van der Waals surface area contributed by atoms with Gasteiger partial charge in [-0.15, -0.1) is 0 Å². The van der Waals surface area contributed by atoms with Gasteiger partial charge in [-0.25, -0.2) is 0 Å². The molecule has 0 rings (SSSR count). The summed E-state index contributed by atoms with van der Waals surface area (Å²) in [5.74, 6) is -1.15. The Kier molecular flexibility index (Phi) is 6.80. The van der Waals surface area contributed by atoms with Crippen LogP contribution in [0.15, 0.2) is 0 Å². The van der Waals surface area contributed by atoms with Gasteiger partial charge in [-0.05, 0) is 6.42 Å². The molecular formula is C8H15O4S-. The molecule has 13 heavy (non-hydrogen) atoms. The fourth-order valence-electron chi connectivity index (χ4n) is 0.732. The van der Waals surface area contributed by atoms with Gasteiger partial charge in [0.1, 0.15) is 0 Å². The monoisotopic (exact) mass is 207 g/mol. The van der Waals surface area contributed by atoms with Crippen LogP contribution in [-0.2, 0) is 20.6 Å². The number of unbranched alkanes of at least 4 members (excludes halogenated alkanes) is 1. The van der Waals surface area contributed by atoms with Crippen molar-refractivity contribution in [3.63, 3.8) is 0 Å². The lowest BCUT2D eigenvalue weighted by atomic mass is 10.2. The average molecular weight is 207 g/mol. The third kappa shape index (κ3) is 6.72. The van der Waals surface area contributed by atoms with Gasteiger partial charge in [0.05, 0.1) is 12.5 Å². The highest BCUT2D eigenvalue weighted by atomic mass is 32.2. The zero-order valence-electron chi connectivity index (χ0n) is 7.95. The fourth-order valence-corrected chi connectivity index (χ4v) is 1.28. The van der Waals surface area contributed by atoms with E-state index in [2.05, 4.69) is 0 Å². The highest BCUT2D eigenvalue weighted by molar-refractivity contribution is 7.79. The molecule has 0 saturated heterocycles. The van der Waals surface area contributed by atoms with Crippen LogP contribution in [0.1, 0.15) is 26.7 Å². The molecule has 0 N–H and O–H groups in total. The van der Waals surface area contributed by atoms with Crippen LogP contribution in [0, 0.1) is 5.92 Å². The molecule has 2 unspecified atom stereocenters. The van der Waals surface area contributed by atoms with Gasteiger partial charge in [-0.1, -0.05) is 31.3 Å². The number of hydrogen-bond donors (Lipinski definition) is 0. The summed E-state index contributed by atoms with van der Waals surface area (Å²) in [5.41, 5.74) is 0. The standard InChI is InChI=1S/C8H16O4S/c1-3-4-5-12-8(9)7(2)6-13(10)11/h7H,3-6H2,1-2H3,(H,10,11)/p-1. The Balaban J connectivity index is 3.63. The Hall–Kier alpha value is -0.420. The first-order chi connectivity index (χ1) is 6.07. The van der Waals surface area contributed by atoms with E-state index in [1.165, 1.54) is 0 Å². The van der Waals surface area contributed by atoms with Crippen molar-refractivity contribution in [1.29, 1.82) is 0 Å². The molecule has 0 aliphatic carbocycles. The lowest BCUT2D eigenvalue weighted by Crippen LogP contribution is -2.20. The second kappa shape index (κ2) is 7.03. The van der Waals surface area contributed by atoms with Gasteiger partial charge in [0.25, 0.3) is 0 Å². The predicted molar refractivity (Wildman–Crippen MR) is 48.8 cm³/mol. The Labute approximate surface area is 80.9 Å². The number of ether oxygens (including phenoxy) is 1. The third-order valence-electron chi connectivity index (χ3n) is 1.53. The zero-order chi connectivity index (χ0) is 10.3. The van der Waals surface area contributed by atoms with Crippen LogP contribution >= 0.6 is 0 Å². The summed E-state index contributed by atoms with van der Waals surface area (Å²) in [6, 6.07) is 0. The van der Waals surface area contributed by atoms with E-state index in [9.17, 15) is 13.6 Å². The van der Waals surface area contributed by atoms with Crippen LogP contribution in [0.5, 0.6) is 0 Å². The van der Waals surface area contributed by atoms with E-state index >= 15 is 0 Å². The second-order valence-corrected chi connectivity index (χ2v) is 3.83. The van der Waals surface area contributed by atoms with Crippen molar-refractivity contribution < 1.29 is 18.3 Å². The summed E-state index contributed by atoms with van der Waals surface area (Å²) in [6.07, 6.45) is 1.77. The van der Waals surface area contributed by atoms with E-state index in [0.717, 1.165) is 12.8 Å². The quantitative estimate of drug-likeness (QED) is 0.368. The van der Waals surface area contributed by atoms with Gasteiger partial charge in [-0.2, -0.15) is 0 Å². The molecule has 0 bridgehead atoms. The van der Waals surface area contributed by atoms with Crippen molar-refractivity contribution in [2.45, 2.75) is 26.7 Å². The Morgan fingerprint density at radius 3 is 2.69 bits per heavy atom. The number of rotatable bonds is 6. The maximum atomic E-state index is 11.1. The first kappa shape index (κ1) is 12.6. The van der Waals surface area contributed by atoms with Crippen molar-refractivity contribution in [2.24, 2.45) is 5.92 Å². The SMILES string of the molecule is CCCCOC(=O)C(C)CS(=O)[O-]. The highest BCUT2D eigenvalue weighted by Gasteiger charge is 2.13. The lowest BCUT2D eigenvalue weighted by molar-refractivity contribution is -0.147. The Morgan fingerprint density at radius 1 is 1.62 bits per heavy atom. The van der Waals surface area contributed by atoms with Gasteiger partial charge in [-0.3, -0.25) is 9.00 Å². The minimum absolute atomic E-state index is 0.162. The first-order valence-corrected chi connectivity index (χ1v) is 5.54. The molecule has 0 aromatic rings. The van der Waals surface area contributed by atoms with Crippen LogP contribution in [-0.4, -0.2) is 27.1 Å². The maximum absolute atomic E-state index is 11.1. The minimum Gasteiger partial charge on any atom is -0.772 e. The fraction of sp³-hybridized carbons (Fsp3) is 0.875. The number of carbonyl (C=O) groups is 1. The van der Waals surface area contributed by atoms with E-state index in [1.54, 1.807) is 6.92 Å². The molecule has 78 valence electrons. The topological polar surface area (TPSA) is 66.4 Å². The largest absolute Gasteiger partial charge is 0.772 e. The summed E-state index contributed by atoms with van der Waals surface area (Å²) in [4.78, 5) is 11.1. The lowest BCUT2D eigenvalue weighted by Gasteiger charge is -2.12. The van der Waals surface area contributed by atoms with Crippen LogP contribution in [0.25, 0.3) is 0 Å². The molecule has 0 aliphatic heterocycles. The second-order valence-electron chi connectivity index (χ2n) is 2.89. The molecule has 0 aliphatic rings. The van der Waals surface area contributed by atoms with Crippen molar-refractivity contribution >= 4 is 17.0 Å². The van der Waals surface area contributed by atoms with E-state index < -0.39 is 23.0 Å². The zero-order valence-corrected chi connectivity index (χ0v) is 8.76. The summed E-state index contributed by atoms with van der Waals surface area (Å²) >= 11 is -2.17. The van der Waals surface area contributed by atoms with Gasteiger partial charge in [0.15, 0.2) is 0 Å². The Morgan fingerprint density at radius 2 is 2.23 bits per heavy atom. The molecule has 0 amide bonds. The molecule has 0 radical (unpaired) electrons. The summed E-state index contributed by atoms with van der Waals surface area (Å²) in [6.45, 7) is 3.92. The van der Waals surface area contributed by atoms with Crippen LogP contribution in [0.3, 0.4) is 0 Å². The van der Waals surface area contributed by atoms with Gasteiger partial charge in [0.2, 0.25) is 0 Å². The minimum atomic E-state index is -2.17. The Bertz CT molecular complexity index is 181. The molecule has 4 nitrogen and oxygen atoms in total. The smallest absolute Gasteiger partial charge is 0.309 e. The van der Waals surface area contributed by atoms with Crippen molar-refractivity contribution in [3.05, 3.63) is 0 Å². The number of carbonyl (C=O) groups excluding carboxylic acids is 1. The van der Waals surface area contributed by atoms with E-state index in [0.29, 0.717) is 6.61 Å². The summed E-state index contributed by atoms with van der Waals surface area (Å²) in [7, 11) is 0. The van der Waals surface area contributed by atoms with Gasteiger partial charge in [0, 0.05) is 5.75 Å². The van der Waals surface area contributed by atoms with Crippen molar-refractivity contribution in [2.75, 3.05) is 12.4 Å². The molecule has 0 aromatic carbocycles. The van der Waals surface area contributed by atoms with E-state index in [-0.39, 0.29) is 5.75 Å². The van der Waals surface area contributed by atoms with Crippen molar-refractivity contribution in [1.82, 2.24) is 0 Å². The van der Waals surface area contributed by atoms with Gasteiger partial charge < -0.3 is 9.29 Å². The van der Waals surface area contributed by atoms with Crippen LogP contribution < -0.4 is 0 Å². The molecular weight excluding hydrogens is 192 g/mol. The molecule has 2 atom stereocenters. The number of esters is 1. The van der Waals surface area contributed by atoms with Gasteiger partial charge >= 0.3 is 5.97 Å². The molecule has 0 spiro atoms. The van der Waals surface area contributed by atoms with Crippen LogP contribution in [0.4, 0.5) is 0 Å². The molecule has 0 aromatic heterocycles.